The Kier molecular flexibility index (Phi) is 12.9. The van der Waals surface area contributed by atoms with Crippen LogP contribution in [0.4, 0.5) is 0 Å². The predicted molar refractivity (Wildman–Crippen MR) is 117 cm³/mol. The fourth-order valence-electron chi connectivity index (χ4n) is 3.52. The van der Waals surface area contributed by atoms with Crippen molar-refractivity contribution >= 4 is 27.2 Å². The largest absolute Gasteiger partial charge is 0.160 e. The normalized spacial score (nSPS) is 11.8. The van der Waals surface area contributed by atoms with Crippen LogP contribution < -0.4 is 5.19 Å². The maximum Gasteiger partial charge on any atom is 0.160 e. The molecule has 0 aliphatic heterocycles. The third-order valence-electron chi connectivity index (χ3n) is 5.14. The molecule has 0 fully saturated rings. The monoisotopic (exact) mass is 410 g/mol. The zero-order chi connectivity index (χ0) is 17.5. The van der Waals surface area contributed by atoms with Gasteiger partial charge in [0.05, 0.1) is 0 Å². The van der Waals surface area contributed by atoms with Gasteiger partial charge < -0.3 is 0 Å². The van der Waals surface area contributed by atoms with Crippen LogP contribution >= 0.6 is 15.3 Å². The van der Waals surface area contributed by atoms with Gasteiger partial charge in [0.2, 0.25) is 0 Å². The lowest BCUT2D eigenvalue weighted by atomic mass is 10.1. The average Bonchev–Trinajstić information content (AvgIpc) is 2.62. The Bertz CT molecular complexity index is 374. The van der Waals surface area contributed by atoms with Crippen LogP contribution in [0.2, 0.25) is 12.1 Å². The summed E-state index contributed by atoms with van der Waals surface area (Å²) < 4.78 is 0. The zero-order valence-electron chi connectivity index (χ0n) is 16.2. The fraction of sp³-hybridized carbons (Fsp3) is 0.727. The number of halogens is 1. The van der Waals surface area contributed by atoms with E-state index in [9.17, 15) is 0 Å². The molecule has 24 heavy (non-hydrogen) atoms. The van der Waals surface area contributed by atoms with E-state index < -0.39 is 6.69 Å². The summed E-state index contributed by atoms with van der Waals surface area (Å²) >= 11 is 4.30. The van der Waals surface area contributed by atoms with Crippen molar-refractivity contribution in [2.45, 2.75) is 103 Å². The highest BCUT2D eigenvalue weighted by atomic mass is 79.9. The molecule has 0 heterocycles. The highest BCUT2D eigenvalue weighted by molar-refractivity contribution is 9.26. The standard InChI is InChI=1S/C22H39BrSi/c1-3-5-7-9-11-16-20-24(23,22-18-14-13-15-19-22)21-17-12-10-8-6-4-2/h13-15,18-19H,3-12,16-17,20-21H2,1-2H3. The average molecular weight is 412 g/mol. The van der Waals surface area contributed by atoms with E-state index in [0.29, 0.717) is 0 Å². The smallest absolute Gasteiger partial charge is 0.120 e. The van der Waals surface area contributed by atoms with Gasteiger partial charge in [-0.1, -0.05) is 121 Å². The van der Waals surface area contributed by atoms with Gasteiger partial charge in [-0.25, -0.2) is 0 Å². The van der Waals surface area contributed by atoms with Gasteiger partial charge in [-0.3, -0.25) is 0 Å². The molecule has 0 spiro atoms. The van der Waals surface area contributed by atoms with Crippen molar-refractivity contribution in [3.8, 4) is 0 Å². The molecule has 0 unspecified atom stereocenters. The SMILES string of the molecule is CCCCCCCC[Si](Br)(CCCCCCCC)c1ccccc1. The minimum atomic E-state index is -1.45. The molecule has 0 nitrogen and oxygen atoms in total. The van der Waals surface area contributed by atoms with Crippen LogP contribution in [0.3, 0.4) is 0 Å². The molecule has 1 aromatic rings. The summed E-state index contributed by atoms with van der Waals surface area (Å²) in [7, 11) is 0. The van der Waals surface area contributed by atoms with Crippen LogP contribution in [0.5, 0.6) is 0 Å². The highest BCUT2D eigenvalue weighted by Crippen LogP contribution is 2.29. The Balaban J connectivity index is 2.42. The maximum atomic E-state index is 4.30. The Morgan fingerprint density at radius 3 is 1.50 bits per heavy atom. The zero-order valence-corrected chi connectivity index (χ0v) is 18.8. The summed E-state index contributed by atoms with van der Waals surface area (Å²) in [5, 5.41) is 1.62. The van der Waals surface area contributed by atoms with Gasteiger partial charge in [0.25, 0.3) is 0 Å². The fourth-order valence-corrected chi connectivity index (χ4v) is 9.23. The van der Waals surface area contributed by atoms with Crippen molar-refractivity contribution in [1.29, 1.82) is 0 Å². The molecule has 0 bridgehead atoms. The molecule has 2 heteroatoms. The molecule has 0 amide bonds. The van der Waals surface area contributed by atoms with Crippen molar-refractivity contribution in [2.75, 3.05) is 0 Å². The summed E-state index contributed by atoms with van der Waals surface area (Å²) in [5.41, 5.74) is 0. The second-order valence-electron chi connectivity index (χ2n) is 7.37. The van der Waals surface area contributed by atoms with Gasteiger partial charge in [-0.05, 0) is 17.3 Å². The van der Waals surface area contributed by atoms with E-state index in [1.165, 1.54) is 89.1 Å². The van der Waals surface area contributed by atoms with Crippen molar-refractivity contribution in [2.24, 2.45) is 0 Å². The Labute approximate surface area is 160 Å². The Hall–Kier alpha value is -0.0831. The van der Waals surface area contributed by atoms with Gasteiger partial charge in [0, 0.05) is 0 Å². The molecule has 0 aliphatic rings. The molecule has 138 valence electrons. The van der Waals surface area contributed by atoms with Crippen molar-refractivity contribution in [3.63, 3.8) is 0 Å². The molecule has 0 saturated heterocycles. The topological polar surface area (TPSA) is 0 Å². The van der Waals surface area contributed by atoms with Crippen molar-refractivity contribution < 1.29 is 0 Å². The van der Waals surface area contributed by atoms with Crippen LogP contribution in [-0.4, -0.2) is 6.69 Å². The third-order valence-corrected chi connectivity index (χ3v) is 12.6. The van der Waals surface area contributed by atoms with E-state index in [-0.39, 0.29) is 0 Å². The number of benzene rings is 1. The van der Waals surface area contributed by atoms with Crippen LogP contribution in [0.1, 0.15) is 90.9 Å². The van der Waals surface area contributed by atoms with E-state index in [1.807, 2.05) is 0 Å². The van der Waals surface area contributed by atoms with Crippen molar-refractivity contribution in [1.82, 2.24) is 0 Å². The number of unbranched alkanes of at least 4 members (excludes halogenated alkanes) is 10. The molecule has 0 atom stereocenters. The minimum Gasteiger partial charge on any atom is -0.120 e. The quantitative estimate of drug-likeness (QED) is 0.156. The van der Waals surface area contributed by atoms with E-state index in [4.69, 9.17) is 0 Å². The summed E-state index contributed by atoms with van der Waals surface area (Å²) in [6, 6.07) is 14.2. The molecule has 0 radical (unpaired) electrons. The maximum absolute atomic E-state index is 4.30. The van der Waals surface area contributed by atoms with E-state index >= 15 is 0 Å². The Morgan fingerprint density at radius 1 is 0.625 bits per heavy atom. The lowest BCUT2D eigenvalue weighted by molar-refractivity contribution is 0.617. The van der Waals surface area contributed by atoms with Gasteiger partial charge in [-0.15, -0.1) is 15.3 Å². The molecule has 0 aromatic heterocycles. The van der Waals surface area contributed by atoms with Crippen molar-refractivity contribution in [3.05, 3.63) is 30.3 Å². The van der Waals surface area contributed by atoms with Gasteiger partial charge >= 0.3 is 0 Å². The summed E-state index contributed by atoms with van der Waals surface area (Å²) in [4.78, 5) is 0. The van der Waals surface area contributed by atoms with Crippen LogP contribution in [0, 0.1) is 0 Å². The first-order valence-corrected chi connectivity index (χ1v) is 15.1. The first-order valence-electron chi connectivity index (χ1n) is 10.5. The molecule has 1 rings (SSSR count). The molecule has 0 aliphatic carbocycles. The van der Waals surface area contributed by atoms with E-state index in [2.05, 4.69) is 59.5 Å². The lowest BCUT2D eigenvalue weighted by Crippen LogP contribution is -2.41. The Morgan fingerprint density at radius 2 is 1.04 bits per heavy atom. The first-order chi connectivity index (χ1) is 11.7. The second-order valence-corrected chi connectivity index (χ2v) is 15.4. The van der Waals surface area contributed by atoms with E-state index in [1.54, 1.807) is 5.19 Å². The highest BCUT2D eigenvalue weighted by Gasteiger charge is 2.30. The summed E-state index contributed by atoms with van der Waals surface area (Å²) in [6.45, 7) is 3.15. The third kappa shape index (κ3) is 9.41. The molecular weight excluding hydrogens is 372 g/mol. The van der Waals surface area contributed by atoms with Crippen LogP contribution in [0.15, 0.2) is 30.3 Å². The number of hydrogen-bond donors (Lipinski definition) is 0. The molecule has 0 saturated carbocycles. The lowest BCUT2D eigenvalue weighted by Gasteiger charge is -2.26. The number of rotatable bonds is 15. The molecule has 0 N–H and O–H groups in total. The minimum absolute atomic E-state index is 1.35. The van der Waals surface area contributed by atoms with Gasteiger partial charge in [0.1, 0.15) is 0 Å². The van der Waals surface area contributed by atoms with Gasteiger partial charge in [-0.2, -0.15) is 0 Å². The van der Waals surface area contributed by atoms with E-state index in [0.717, 1.165) is 0 Å². The number of hydrogen-bond acceptors (Lipinski definition) is 0. The predicted octanol–water partition coefficient (Wildman–Crippen LogP) is 7.96. The van der Waals surface area contributed by atoms with Crippen LogP contribution in [-0.2, 0) is 0 Å². The first kappa shape index (κ1) is 22.0. The second kappa shape index (κ2) is 14.1. The summed E-state index contributed by atoms with van der Waals surface area (Å²) in [5.74, 6) is 0. The van der Waals surface area contributed by atoms with Crippen LogP contribution in [0.25, 0.3) is 0 Å². The molecule has 1 aromatic carbocycles. The molecular formula is C22H39BrSi. The van der Waals surface area contributed by atoms with Gasteiger partial charge in [0.15, 0.2) is 6.69 Å². The summed E-state index contributed by atoms with van der Waals surface area (Å²) in [6.07, 6.45) is 16.9.